The first-order valence-corrected chi connectivity index (χ1v) is 13.6. The number of carbonyl (C=O) groups is 2. The molecule has 1 aliphatic rings. The van der Waals surface area contributed by atoms with E-state index in [1.165, 1.54) is 34.8 Å². The van der Waals surface area contributed by atoms with E-state index in [0.717, 1.165) is 23.6 Å². The Kier molecular flexibility index (Phi) is 8.16. The number of anilines is 3. The molecule has 1 aromatic carbocycles. The summed E-state index contributed by atoms with van der Waals surface area (Å²) in [6, 6.07) is 10.6. The molecule has 0 saturated carbocycles. The van der Waals surface area contributed by atoms with Gasteiger partial charge in [-0.15, -0.1) is 33.6 Å². The van der Waals surface area contributed by atoms with Crippen LogP contribution in [0.25, 0.3) is 0 Å². The molecule has 0 aliphatic carbocycles. The number of ether oxygens (including phenoxy) is 1. The molecular weight excluding hydrogens is 569 g/mol. The lowest BCUT2D eigenvalue weighted by Gasteiger charge is -2.12. The molecule has 0 spiro atoms. The molecule has 16 heteroatoms. The SMILES string of the molecule is O=C(Cc1ccccn1)Nc1nnc(C2CCN(c3nnc(NC(=O)Cc4cccc(OC(F)(F)F)c4)s3)C2)s1. The highest BCUT2D eigenvalue weighted by molar-refractivity contribution is 7.19. The predicted octanol–water partition coefficient (Wildman–Crippen LogP) is 4.04. The molecule has 4 heterocycles. The van der Waals surface area contributed by atoms with E-state index < -0.39 is 18.0 Å². The van der Waals surface area contributed by atoms with Crippen LogP contribution >= 0.6 is 22.7 Å². The lowest BCUT2D eigenvalue weighted by Crippen LogP contribution is -2.18. The molecule has 0 radical (unpaired) electrons. The average molecular weight is 591 g/mol. The number of hydrogen-bond acceptors (Lipinski definition) is 11. The summed E-state index contributed by atoms with van der Waals surface area (Å²) in [6.07, 6.45) is -2.40. The van der Waals surface area contributed by atoms with Crippen molar-refractivity contribution in [3.05, 3.63) is 64.9 Å². The Hall–Kier alpha value is -4.18. The van der Waals surface area contributed by atoms with Crippen molar-refractivity contribution < 1.29 is 27.5 Å². The third-order valence-corrected chi connectivity index (χ3v) is 7.62. The average Bonchev–Trinajstić information content (AvgIpc) is 3.65. The van der Waals surface area contributed by atoms with Crippen LogP contribution in [0.5, 0.6) is 5.75 Å². The van der Waals surface area contributed by atoms with Crippen LogP contribution in [0.15, 0.2) is 48.7 Å². The van der Waals surface area contributed by atoms with E-state index in [1.54, 1.807) is 18.3 Å². The van der Waals surface area contributed by atoms with Crippen molar-refractivity contribution in [2.24, 2.45) is 0 Å². The van der Waals surface area contributed by atoms with Crippen molar-refractivity contribution in [3.8, 4) is 5.75 Å². The van der Waals surface area contributed by atoms with Gasteiger partial charge < -0.3 is 20.3 Å². The fourth-order valence-electron chi connectivity index (χ4n) is 4.01. The molecule has 208 valence electrons. The zero-order valence-electron chi connectivity index (χ0n) is 20.6. The molecule has 2 N–H and O–H groups in total. The number of pyridine rings is 1. The maximum absolute atomic E-state index is 12.4. The molecule has 2 amide bonds. The Labute approximate surface area is 233 Å². The molecule has 40 heavy (non-hydrogen) atoms. The Morgan fingerprint density at radius 3 is 2.52 bits per heavy atom. The third kappa shape index (κ3) is 7.47. The molecule has 1 saturated heterocycles. The standard InChI is InChI=1S/C24H21F3N8O3S2/c25-24(26,27)38-17-6-3-4-14(10-17)11-18(36)29-22-33-34-23(40-22)35-9-7-15(13-35)20-31-32-21(39-20)30-19(37)12-16-5-1-2-8-28-16/h1-6,8,10,15H,7,9,11-13H2,(H,29,33,36)(H,30,32,37). The number of halogens is 3. The summed E-state index contributed by atoms with van der Waals surface area (Å²) in [6.45, 7) is 1.31. The van der Waals surface area contributed by atoms with E-state index in [9.17, 15) is 22.8 Å². The minimum absolute atomic E-state index is 0.0899. The maximum Gasteiger partial charge on any atom is 0.573 e. The molecular formula is C24H21F3N8O3S2. The number of alkyl halides is 3. The van der Waals surface area contributed by atoms with Gasteiger partial charge in [0.15, 0.2) is 0 Å². The van der Waals surface area contributed by atoms with Crippen molar-refractivity contribution >= 4 is 49.9 Å². The van der Waals surface area contributed by atoms with Crippen molar-refractivity contribution in [2.75, 3.05) is 28.6 Å². The first-order chi connectivity index (χ1) is 19.2. The van der Waals surface area contributed by atoms with Gasteiger partial charge in [-0.2, -0.15) is 0 Å². The molecule has 1 fully saturated rings. The number of benzene rings is 1. The normalized spacial score (nSPS) is 15.2. The summed E-state index contributed by atoms with van der Waals surface area (Å²) in [5, 5.41) is 24.0. The minimum Gasteiger partial charge on any atom is -0.406 e. The largest absolute Gasteiger partial charge is 0.573 e. The van der Waals surface area contributed by atoms with E-state index in [1.807, 2.05) is 11.0 Å². The molecule has 1 atom stereocenters. The number of nitrogens with zero attached hydrogens (tertiary/aromatic N) is 6. The van der Waals surface area contributed by atoms with Crippen LogP contribution in [0, 0.1) is 0 Å². The minimum atomic E-state index is -4.81. The molecule has 4 aromatic rings. The number of rotatable bonds is 9. The topological polar surface area (TPSA) is 135 Å². The van der Waals surface area contributed by atoms with Crippen LogP contribution in [-0.2, 0) is 22.4 Å². The highest BCUT2D eigenvalue weighted by Crippen LogP contribution is 2.35. The lowest BCUT2D eigenvalue weighted by molar-refractivity contribution is -0.274. The Morgan fingerprint density at radius 1 is 0.975 bits per heavy atom. The van der Waals surface area contributed by atoms with Crippen molar-refractivity contribution in [3.63, 3.8) is 0 Å². The van der Waals surface area contributed by atoms with Gasteiger partial charge in [0.05, 0.1) is 12.8 Å². The summed E-state index contributed by atoms with van der Waals surface area (Å²) in [7, 11) is 0. The molecule has 1 aliphatic heterocycles. The van der Waals surface area contributed by atoms with Crippen molar-refractivity contribution in [2.45, 2.75) is 31.5 Å². The summed E-state index contributed by atoms with van der Waals surface area (Å²) in [4.78, 5) is 30.9. The quantitative estimate of drug-likeness (QED) is 0.296. The maximum atomic E-state index is 12.4. The summed E-state index contributed by atoms with van der Waals surface area (Å²) < 4.78 is 41.2. The van der Waals surface area contributed by atoms with Crippen LogP contribution < -0.4 is 20.3 Å². The summed E-state index contributed by atoms with van der Waals surface area (Å²) in [5.41, 5.74) is 1.02. The van der Waals surface area contributed by atoms with Crippen LogP contribution in [0.1, 0.15) is 28.6 Å². The third-order valence-electron chi connectivity index (χ3n) is 5.72. The second-order valence-corrected chi connectivity index (χ2v) is 10.7. The number of carbonyl (C=O) groups excluding carboxylic acids is 2. The molecule has 1 unspecified atom stereocenters. The van der Waals surface area contributed by atoms with E-state index in [0.29, 0.717) is 34.6 Å². The second kappa shape index (κ2) is 11.9. The second-order valence-electron chi connectivity index (χ2n) is 8.73. The van der Waals surface area contributed by atoms with E-state index in [4.69, 9.17) is 0 Å². The number of amides is 2. The van der Waals surface area contributed by atoms with Crippen LogP contribution in [0.4, 0.5) is 28.6 Å². The van der Waals surface area contributed by atoms with Crippen molar-refractivity contribution in [1.29, 1.82) is 0 Å². The highest BCUT2D eigenvalue weighted by atomic mass is 32.1. The van der Waals surface area contributed by atoms with Gasteiger partial charge in [0.1, 0.15) is 10.8 Å². The van der Waals surface area contributed by atoms with Crippen LogP contribution in [0.3, 0.4) is 0 Å². The Morgan fingerprint density at radius 2 is 1.75 bits per heavy atom. The molecule has 11 nitrogen and oxygen atoms in total. The van der Waals surface area contributed by atoms with Gasteiger partial charge in [0.25, 0.3) is 0 Å². The van der Waals surface area contributed by atoms with Gasteiger partial charge in [0.2, 0.25) is 27.2 Å². The lowest BCUT2D eigenvalue weighted by atomic mass is 10.1. The van der Waals surface area contributed by atoms with E-state index >= 15 is 0 Å². The summed E-state index contributed by atoms with van der Waals surface area (Å²) in [5.74, 6) is -0.973. The van der Waals surface area contributed by atoms with Gasteiger partial charge in [-0.25, -0.2) is 0 Å². The van der Waals surface area contributed by atoms with Crippen molar-refractivity contribution in [1.82, 2.24) is 25.4 Å². The number of aromatic nitrogens is 5. The van der Waals surface area contributed by atoms with Gasteiger partial charge in [-0.3, -0.25) is 14.6 Å². The zero-order chi connectivity index (χ0) is 28.1. The number of nitrogens with one attached hydrogen (secondary N) is 2. The van der Waals surface area contributed by atoms with Gasteiger partial charge in [0, 0.05) is 30.9 Å². The smallest absolute Gasteiger partial charge is 0.406 e. The fraction of sp³-hybridized carbons (Fsp3) is 0.292. The molecule has 5 rings (SSSR count). The Bertz CT molecular complexity index is 1480. The van der Waals surface area contributed by atoms with E-state index in [2.05, 4.69) is 40.7 Å². The molecule has 0 bridgehead atoms. The van der Waals surface area contributed by atoms with E-state index in [-0.39, 0.29) is 29.8 Å². The fourth-order valence-corrected chi connectivity index (χ4v) is 5.69. The Balaban J connectivity index is 1.12. The first-order valence-electron chi connectivity index (χ1n) is 12.0. The first kappa shape index (κ1) is 27.4. The van der Waals surface area contributed by atoms with Crippen LogP contribution in [0.2, 0.25) is 0 Å². The highest BCUT2D eigenvalue weighted by Gasteiger charge is 2.31. The van der Waals surface area contributed by atoms with Gasteiger partial charge in [-0.05, 0) is 36.2 Å². The predicted molar refractivity (Wildman–Crippen MR) is 141 cm³/mol. The van der Waals surface area contributed by atoms with Gasteiger partial charge in [-0.1, -0.05) is 40.9 Å². The molecule has 3 aromatic heterocycles. The monoisotopic (exact) mass is 590 g/mol. The number of hydrogen-bond donors (Lipinski definition) is 2. The summed E-state index contributed by atoms with van der Waals surface area (Å²) >= 11 is 2.52. The zero-order valence-corrected chi connectivity index (χ0v) is 22.2. The van der Waals surface area contributed by atoms with Crippen LogP contribution in [-0.4, -0.2) is 56.6 Å². The van der Waals surface area contributed by atoms with Gasteiger partial charge >= 0.3 is 6.36 Å².